The molecule has 2 aromatic rings. The minimum absolute atomic E-state index is 0.374. The van der Waals surface area contributed by atoms with Gasteiger partial charge in [-0.1, -0.05) is 0 Å². The monoisotopic (exact) mass is 252 g/mol. The molecule has 0 spiro atoms. The Balaban J connectivity index is 1.74. The highest BCUT2D eigenvalue weighted by atomic mass is 15.4. The molecule has 6 N–H and O–H groups in total. The molecule has 0 aliphatic rings. The first-order valence-electron chi connectivity index (χ1n) is 5.43. The number of H-pyrrole nitrogens is 1. The van der Waals surface area contributed by atoms with E-state index in [1.54, 1.807) is 18.7 Å². The van der Waals surface area contributed by atoms with E-state index in [4.69, 9.17) is 5.73 Å². The van der Waals surface area contributed by atoms with Gasteiger partial charge in [-0.15, -0.1) is 20.4 Å². The van der Waals surface area contributed by atoms with Gasteiger partial charge in [0, 0.05) is 27.2 Å². The molecule has 2 rings (SSSR count). The number of rotatable bonds is 6. The lowest BCUT2D eigenvalue weighted by Crippen LogP contribution is -2.16. The van der Waals surface area contributed by atoms with Crippen LogP contribution < -0.4 is 21.7 Å². The van der Waals surface area contributed by atoms with Gasteiger partial charge in [-0.2, -0.15) is 0 Å². The molecule has 0 unspecified atom stereocenters. The van der Waals surface area contributed by atoms with Gasteiger partial charge in [0.25, 0.3) is 0 Å². The Morgan fingerprint density at radius 1 is 1.11 bits per heavy atom. The van der Waals surface area contributed by atoms with Crippen molar-refractivity contribution in [3.8, 4) is 0 Å². The average Bonchev–Trinajstić information content (AvgIpc) is 2.95. The van der Waals surface area contributed by atoms with Crippen molar-refractivity contribution >= 4 is 23.8 Å². The molecule has 98 valence electrons. The quantitative estimate of drug-likeness (QED) is 0.417. The molecule has 0 aromatic carbocycles. The van der Waals surface area contributed by atoms with E-state index in [0.717, 1.165) is 0 Å². The summed E-state index contributed by atoms with van der Waals surface area (Å²) in [5, 5.41) is 24.4. The molecule has 10 nitrogen and oxygen atoms in total. The van der Waals surface area contributed by atoms with Gasteiger partial charge >= 0.3 is 0 Å². The van der Waals surface area contributed by atoms with Crippen molar-refractivity contribution in [3.63, 3.8) is 0 Å². The fraction of sp³-hybridized carbons (Fsp3) is 0.500. The first-order chi connectivity index (χ1) is 8.70. The van der Waals surface area contributed by atoms with E-state index in [1.807, 2.05) is 0 Å². The lowest BCUT2D eigenvalue weighted by atomic mass is 10.6. The third-order valence-corrected chi connectivity index (χ3v) is 2.33. The summed E-state index contributed by atoms with van der Waals surface area (Å²) in [5.41, 5.74) is 5.56. The van der Waals surface area contributed by atoms with Crippen LogP contribution in [-0.2, 0) is 7.05 Å². The van der Waals surface area contributed by atoms with Crippen LogP contribution in [0.5, 0.6) is 0 Å². The minimum atomic E-state index is 0.374. The van der Waals surface area contributed by atoms with Crippen LogP contribution in [0, 0.1) is 0 Å². The van der Waals surface area contributed by atoms with Gasteiger partial charge in [0.1, 0.15) is 0 Å². The summed E-state index contributed by atoms with van der Waals surface area (Å²) >= 11 is 0. The fourth-order valence-electron chi connectivity index (χ4n) is 1.30. The molecule has 0 bridgehead atoms. The molecule has 0 aliphatic carbocycles. The van der Waals surface area contributed by atoms with E-state index >= 15 is 0 Å². The number of nitrogens with zero attached hydrogens (tertiary/aromatic N) is 5. The van der Waals surface area contributed by atoms with Crippen LogP contribution in [0.4, 0.5) is 23.8 Å². The number of hydrogen-bond acceptors (Lipinski definition) is 8. The number of anilines is 4. The Bertz CT molecular complexity index is 500. The summed E-state index contributed by atoms with van der Waals surface area (Å²) in [4.78, 5) is 2.95. The lowest BCUT2D eigenvalue weighted by molar-refractivity contribution is 0.905. The van der Waals surface area contributed by atoms with Gasteiger partial charge < -0.3 is 21.7 Å². The van der Waals surface area contributed by atoms with Crippen LogP contribution in [0.15, 0.2) is 0 Å². The SMILES string of the molecule is CNc1nnc(NCCNc2nnc(N)n2C)[nH]1. The first-order valence-corrected chi connectivity index (χ1v) is 5.43. The molecule has 0 saturated carbocycles. The zero-order valence-electron chi connectivity index (χ0n) is 10.2. The molecule has 0 saturated heterocycles. The van der Waals surface area contributed by atoms with Gasteiger partial charge in [0.15, 0.2) is 0 Å². The summed E-state index contributed by atoms with van der Waals surface area (Å²) < 4.78 is 1.67. The van der Waals surface area contributed by atoms with Gasteiger partial charge in [0.2, 0.25) is 23.8 Å². The average molecular weight is 252 g/mol. The Labute approximate surface area is 103 Å². The van der Waals surface area contributed by atoms with Gasteiger partial charge in [-0.05, 0) is 0 Å². The predicted molar refractivity (Wildman–Crippen MR) is 68.3 cm³/mol. The van der Waals surface area contributed by atoms with E-state index < -0.39 is 0 Å². The second-order valence-electron chi connectivity index (χ2n) is 3.57. The molecule has 0 atom stereocenters. The van der Waals surface area contributed by atoms with Crippen molar-refractivity contribution < 1.29 is 0 Å². The van der Waals surface area contributed by atoms with E-state index in [1.165, 1.54) is 0 Å². The van der Waals surface area contributed by atoms with Crippen molar-refractivity contribution in [1.82, 2.24) is 29.9 Å². The number of aromatic nitrogens is 6. The van der Waals surface area contributed by atoms with Gasteiger partial charge in [0.05, 0.1) is 0 Å². The minimum Gasteiger partial charge on any atom is -0.368 e. The van der Waals surface area contributed by atoms with Crippen LogP contribution in [0.2, 0.25) is 0 Å². The molecule has 2 heterocycles. The molecule has 2 aromatic heterocycles. The summed E-state index contributed by atoms with van der Waals surface area (Å²) in [7, 11) is 3.56. The normalized spacial score (nSPS) is 10.3. The molecule has 0 radical (unpaired) electrons. The third-order valence-electron chi connectivity index (χ3n) is 2.33. The predicted octanol–water partition coefficient (Wildman–Crippen LogP) is -0.919. The largest absolute Gasteiger partial charge is 0.368 e. The van der Waals surface area contributed by atoms with Crippen molar-refractivity contribution in [1.29, 1.82) is 0 Å². The van der Waals surface area contributed by atoms with Crippen LogP contribution in [0.1, 0.15) is 0 Å². The van der Waals surface area contributed by atoms with E-state index in [-0.39, 0.29) is 0 Å². The second-order valence-corrected chi connectivity index (χ2v) is 3.57. The fourth-order valence-corrected chi connectivity index (χ4v) is 1.30. The molecule has 0 amide bonds. The van der Waals surface area contributed by atoms with Crippen molar-refractivity contribution in [2.45, 2.75) is 0 Å². The molecule has 18 heavy (non-hydrogen) atoms. The number of hydrogen-bond donors (Lipinski definition) is 5. The second kappa shape index (κ2) is 5.21. The Kier molecular flexibility index (Phi) is 3.46. The van der Waals surface area contributed by atoms with E-state index in [2.05, 4.69) is 41.3 Å². The van der Waals surface area contributed by atoms with E-state index in [9.17, 15) is 0 Å². The van der Waals surface area contributed by atoms with E-state index in [0.29, 0.717) is 36.9 Å². The molecule has 0 fully saturated rings. The molecular formula is C8H16N10. The summed E-state index contributed by atoms with van der Waals surface area (Å²) in [5.74, 6) is 2.23. The number of nitrogen functional groups attached to an aromatic ring is 1. The maximum absolute atomic E-state index is 5.56. The Morgan fingerprint density at radius 3 is 2.44 bits per heavy atom. The third kappa shape index (κ3) is 2.59. The maximum atomic E-state index is 5.56. The van der Waals surface area contributed by atoms with Crippen molar-refractivity contribution in [2.24, 2.45) is 7.05 Å². The smallest absolute Gasteiger partial charge is 0.225 e. The topological polar surface area (TPSA) is 134 Å². The first kappa shape index (κ1) is 12.0. The van der Waals surface area contributed by atoms with Crippen molar-refractivity contribution in [3.05, 3.63) is 0 Å². The molecule has 10 heteroatoms. The maximum Gasteiger partial charge on any atom is 0.225 e. The highest BCUT2D eigenvalue weighted by molar-refractivity contribution is 5.35. The highest BCUT2D eigenvalue weighted by Crippen LogP contribution is 2.05. The number of nitrogens with two attached hydrogens (primary N) is 1. The Hall–Kier alpha value is -2.52. The van der Waals surface area contributed by atoms with Crippen LogP contribution in [0.3, 0.4) is 0 Å². The standard InChI is InChI=1S/C8H16N10/c1-10-6-13-7(16-15-6)11-3-4-12-8-17-14-5(9)18(8)2/h3-4H2,1-2H3,(H2,9,14)(H,12,17)(H3,10,11,13,15,16). The summed E-state index contributed by atoms with van der Waals surface area (Å²) in [6.45, 7) is 1.31. The number of nitrogens with one attached hydrogen (secondary N) is 4. The van der Waals surface area contributed by atoms with Crippen molar-refractivity contribution in [2.75, 3.05) is 41.8 Å². The summed E-state index contributed by atoms with van der Waals surface area (Å²) in [6, 6.07) is 0. The van der Waals surface area contributed by atoms with Crippen LogP contribution in [0.25, 0.3) is 0 Å². The zero-order valence-corrected chi connectivity index (χ0v) is 10.2. The highest BCUT2D eigenvalue weighted by Gasteiger charge is 2.04. The molecular weight excluding hydrogens is 236 g/mol. The Morgan fingerprint density at radius 2 is 1.83 bits per heavy atom. The van der Waals surface area contributed by atoms with Crippen LogP contribution in [-0.4, -0.2) is 50.1 Å². The van der Waals surface area contributed by atoms with Gasteiger partial charge in [-0.3, -0.25) is 9.55 Å². The number of aromatic amines is 1. The lowest BCUT2D eigenvalue weighted by Gasteiger charge is -2.05. The van der Waals surface area contributed by atoms with Gasteiger partial charge in [-0.25, -0.2) is 0 Å². The zero-order chi connectivity index (χ0) is 13.0. The molecule has 0 aliphatic heterocycles. The summed E-state index contributed by atoms with van der Waals surface area (Å²) in [6.07, 6.45) is 0. The van der Waals surface area contributed by atoms with Crippen LogP contribution >= 0.6 is 0 Å².